The number of tetrazole rings is 1. The maximum atomic E-state index is 13.6. The summed E-state index contributed by atoms with van der Waals surface area (Å²) in [5.41, 5.74) is 0.559. The number of H-pyrrole nitrogens is 1. The molecule has 0 bridgehead atoms. The van der Waals surface area contributed by atoms with Crippen LogP contribution in [0, 0.1) is 6.92 Å². The van der Waals surface area contributed by atoms with Gasteiger partial charge in [-0.1, -0.05) is 23.3 Å². The molecule has 2 saturated carbocycles. The smallest absolute Gasteiger partial charge is 0.329 e. The molecule has 0 amide bonds. The molecule has 0 aliphatic heterocycles. The molecular weight excluding hydrogens is 548 g/mol. The van der Waals surface area contributed by atoms with Gasteiger partial charge in [-0.3, -0.25) is 9.88 Å². The molecule has 1 N–H and O–H groups in total. The molecule has 2 heterocycles. The first-order chi connectivity index (χ1) is 19.5. The lowest BCUT2D eigenvalue weighted by Crippen LogP contribution is -2.30. The predicted octanol–water partition coefficient (Wildman–Crippen LogP) is 6.43. The SMILES string of the molecule is Cc1cccc2cc(CN(Cc3cc(C(F)(F)F)cc(C(F)(F)F)c3)c3nn[nH]n3)c(CN(C3CC3)C3CC3)nc12. The number of nitrogens with zero attached hydrogens (tertiary/aromatic N) is 6. The summed E-state index contributed by atoms with van der Waals surface area (Å²) in [4.78, 5) is 9.02. The van der Waals surface area contributed by atoms with Crippen molar-refractivity contribution in [2.75, 3.05) is 4.90 Å². The summed E-state index contributed by atoms with van der Waals surface area (Å²) >= 11 is 0. The third kappa shape index (κ3) is 6.14. The van der Waals surface area contributed by atoms with E-state index in [1.54, 1.807) is 0 Å². The van der Waals surface area contributed by atoms with Crippen molar-refractivity contribution in [3.05, 3.63) is 76.0 Å². The quantitative estimate of drug-likeness (QED) is 0.232. The summed E-state index contributed by atoms with van der Waals surface area (Å²) in [6, 6.07) is 10.4. The van der Waals surface area contributed by atoms with E-state index in [4.69, 9.17) is 4.98 Å². The summed E-state index contributed by atoms with van der Waals surface area (Å²) in [5, 5.41) is 14.8. The minimum Gasteiger partial charge on any atom is -0.329 e. The third-order valence-corrected chi connectivity index (χ3v) is 7.58. The van der Waals surface area contributed by atoms with Gasteiger partial charge in [0.15, 0.2) is 0 Å². The molecule has 2 aliphatic rings. The van der Waals surface area contributed by atoms with Gasteiger partial charge in [0.25, 0.3) is 5.95 Å². The monoisotopic (exact) mass is 575 g/mol. The van der Waals surface area contributed by atoms with Crippen LogP contribution in [0.5, 0.6) is 0 Å². The number of aryl methyl sites for hydroxylation is 1. The van der Waals surface area contributed by atoms with Gasteiger partial charge in [-0.2, -0.15) is 31.6 Å². The number of hydrogen-bond acceptors (Lipinski definition) is 6. The second-order valence-electron chi connectivity index (χ2n) is 10.9. The largest absolute Gasteiger partial charge is 0.416 e. The zero-order chi connectivity index (χ0) is 28.9. The van der Waals surface area contributed by atoms with Crippen LogP contribution in [0.4, 0.5) is 32.3 Å². The fourth-order valence-corrected chi connectivity index (χ4v) is 5.27. The number of para-hydroxylation sites is 1. The van der Waals surface area contributed by atoms with Gasteiger partial charge in [0, 0.05) is 37.1 Å². The van der Waals surface area contributed by atoms with Crippen LogP contribution >= 0.6 is 0 Å². The van der Waals surface area contributed by atoms with Gasteiger partial charge in [0.1, 0.15) is 0 Å². The predicted molar refractivity (Wildman–Crippen MR) is 139 cm³/mol. The molecule has 0 atom stereocenters. The third-order valence-electron chi connectivity index (χ3n) is 7.58. The van der Waals surface area contributed by atoms with Gasteiger partial charge in [-0.15, -0.1) is 5.10 Å². The minimum atomic E-state index is -4.95. The van der Waals surface area contributed by atoms with E-state index < -0.39 is 23.5 Å². The molecule has 2 aromatic heterocycles. The first kappa shape index (κ1) is 27.4. The van der Waals surface area contributed by atoms with Crippen LogP contribution in [-0.2, 0) is 32.0 Å². The lowest BCUT2D eigenvalue weighted by molar-refractivity contribution is -0.143. The summed E-state index contributed by atoms with van der Waals surface area (Å²) in [6.07, 6.45) is -5.38. The Morgan fingerprint density at radius 3 is 2.07 bits per heavy atom. The molecule has 2 aliphatic carbocycles. The highest BCUT2D eigenvalue weighted by molar-refractivity contribution is 5.82. The van der Waals surface area contributed by atoms with E-state index in [0.29, 0.717) is 18.6 Å². The van der Waals surface area contributed by atoms with Crippen molar-refractivity contribution in [3.63, 3.8) is 0 Å². The van der Waals surface area contributed by atoms with E-state index in [0.717, 1.165) is 65.5 Å². The average molecular weight is 576 g/mol. The van der Waals surface area contributed by atoms with Crippen molar-refractivity contribution in [1.29, 1.82) is 0 Å². The first-order valence-electron chi connectivity index (χ1n) is 13.4. The fourth-order valence-electron chi connectivity index (χ4n) is 5.27. The Morgan fingerprint density at radius 1 is 0.854 bits per heavy atom. The standard InChI is InChI=1S/C28H27F6N7/c1-16-3-2-4-18-11-19(24(35-25(16)18)15-41(22-5-6-22)23-7-8-23)14-40(26-36-38-39-37-26)13-17-9-20(27(29,30)31)12-21(10-17)28(32,33)34/h2-4,9-12,22-23H,5-8,13-15H2,1H3,(H,36,37,38,39). The van der Waals surface area contributed by atoms with Crippen molar-refractivity contribution < 1.29 is 26.3 Å². The summed E-state index contributed by atoms with van der Waals surface area (Å²) in [6.45, 7) is 2.38. The molecule has 4 aromatic rings. The van der Waals surface area contributed by atoms with Crippen molar-refractivity contribution >= 4 is 16.9 Å². The summed E-state index contributed by atoms with van der Waals surface area (Å²) in [5.74, 6) is 0.0486. The number of halogens is 6. The van der Waals surface area contributed by atoms with Gasteiger partial charge in [0.05, 0.1) is 22.3 Å². The normalized spacial score (nSPS) is 16.1. The molecule has 41 heavy (non-hydrogen) atoms. The number of nitrogens with one attached hydrogen (secondary N) is 1. The average Bonchev–Trinajstić information content (AvgIpc) is 3.85. The van der Waals surface area contributed by atoms with Gasteiger partial charge in [0.2, 0.25) is 0 Å². The van der Waals surface area contributed by atoms with Crippen LogP contribution in [0.2, 0.25) is 0 Å². The van der Waals surface area contributed by atoms with Crippen LogP contribution in [0.25, 0.3) is 10.9 Å². The Balaban J connectivity index is 1.40. The number of benzene rings is 2. The maximum absolute atomic E-state index is 13.6. The highest BCUT2D eigenvalue weighted by atomic mass is 19.4. The minimum absolute atomic E-state index is 0.0486. The number of alkyl halides is 6. The van der Waals surface area contributed by atoms with Gasteiger partial charge in [-0.25, -0.2) is 0 Å². The molecule has 216 valence electrons. The molecule has 0 saturated heterocycles. The van der Waals surface area contributed by atoms with Crippen LogP contribution in [0.15, 0.2) is 42.5 Å². The molecule has 0 unspecified atom stereocenters. The molecule has 2 aromatic carbocycles. The van der Waals surface area contributed by atoms with Crippen molar-refractivity contribution in [1.82, 2.24) is 30.5 Å². The van der Waals surface area contributed by atoms with E-state index in [1.807, 2.05) is 31.2 Å². The Kier molecular flexibility index (Phi) is 6.87. The highest BCUT2D eigenvalue weighted by Gasteiger charge is 2.40. The van der Waals surface area contributed by atoms with Crippen LogP contribution in [0.1, 0.15) is 59.2 Å². The molecular formula is C28H27F6N7. The van der Waals surface area contributed by atoms with E-state index in [1.165, 1.54) is 4.90 Å². The first-order valence-corrected chi connectivity index (χ1v) is 13.4. The Morgan fingerprint density at radius 2 is 1.51 bits per heavy atom. The Hall–Kier alpha value is -3.74. The molecule has 0 radical (unpaired) electrons. The second-order valence-corrected chi connectivity index (χ2v) is 10.9. The molecule has 0 spiro atoms. The lowest BCUT2D eigenvalue weighted by Gasteiger charge is -2.26. The molecule has 13 heteroatoms. The van der Waals surface area contributed by atoms with E-state index >= 15 is 0 Å². The number of rotatable bonds is 9. The van der Waals surface area contributed by atoms with E-state index in [-0.39, 0.29) is 30.7 Å². The summed E-state index contributed by atoms with van der Waals surface area (Å²) < 4.78 is 81.3. The Bertz CT molecular complexity index is 1500. The summed E-state index contributed by atoms with van der Waals surface area (Å²) in [7, 11) is 0. The molecule has 6 rings (SSSR count). The maximum Gasteiger partial charge on any atom is 0.416 e. The number of anilines is 1. The topological polar surface area (TPSA) is 73.8 Å². The van der Waals surface area contributed by atoms with Gasteiger partial charge < -0.3 is 4.90 Å². The lowest BCUT2D eigenvalue weighted by atomic mass is 10.0. The van der Waals surface area contributed by atoms with Crippen molar-refractivity contribution in [2.45, 2.75) is 76.7 Å². The molecule has 7 nitrogen and oxygen atoms in total. The van der Waals surface area contributed by atoms with Gasteiger partial charge >= 0.3 is 12.4 Å². The number of fused-ring (bicyclic) bond motifs is 1. The zero-order valence-corrected chi connectivity index (χ0v) is 22.1. The fraction of sp³-hybridized carbons (Fsp3) is 0.429. The van der Waals surface area contributed by atoms with E-state index in [2.05, 4.69) is 25.5 Å². The molecule has 2 fully saturated rings. The Labute approximate surface area is 231 Å². The highest BCUT2D eigenvalue weighted by Crippen LogP contribution is 2.39. The number of hydrogen-bond donors (Lipinski definition) is 1. The number of aromatic nitrogens is 5. The second kappa shape index (κ2) is 10.3. The van der Waals surface area contributed by atoms with Crippen molar-refractivity contribution in [3.8, 4) is 0 Å². The number of pyridine rings is 1. The van der Waals surface area contributed by atoms with E-state index in [9.17, 15) is 26.3 Å². The van der Waals surface area contributed by atoms with Crippen LogP contribution in [-0.4, -0.2) is 42.6 Å². The zero-order valence-electron chi connectivity index (χ0n) is 22.1. The van der Waals surface area contributed by atoms with Crippen LogP contribution < -0.4 is 4.90 Å². The number of aromatic amines is 1. The van der Waals surface area contributed by atoms with Crippen LogP contribution in [0.3, 0.4) is 0 Å². The van der Waals surface area contributed by atoms with Crippen molar-refractivity contribution in [2.24, 2.45) is 0 Å². The van der Waals surface area contributed by atoms with Gasteiger partial charge in [-0.05, 0) is 78.8 Å².